The van der Waals surface area contributed by atoms with E-state index in [1.54, 1.807) is 4.90 Å². The van der Waals surface area contributed by atoms with Crippen LogP contribution in [0.5, 0.6) is 0 Å². The highest BCUT2D eigenvalue weighted by molar-refractivity contribution is 5.89. The molecule has 4 atom stereocenters. The van der Waals surface area contributed by atoms with Gasteiger partial charge >= 0.3 is 5.97 Å². The molecule has 0 aromatic heterocycles. The lowest BCUT2D eigenvalue weighted by molar-refractivity contribution is -0.203. The molecule has 5 rings (SSSR count). The van der Waals surface area contributed by atoms with E-state index in [1.807, 2.05) is 128 Å². The largest absolute Gasteiger partial charge is 0.461 e. The van der Waals surface area contributed by atoms with Crippen molar-refractivity contribution in [3.05, 3.63) is 144 Å². The Morgan fingerprint density at radius 3 is 1.81 bits per heavy atom. The Morgan fingerprint density at radius 1 is 0.721 bits per heavy atom. The van der Waals surface area contributed by atoms with Crippen LogP contribution in [0.1, 0.15) is 35.2 Å². The number of likely N-dealkylation sites (tertiary alicyclic amines) is 1. The van der Waals surface area contributed by atoms with E-state index >= 15 is 0 Å². The number of carbonyl (C=O) groups excluding carboxylic acids is 2. The lowest BCUT2D eigenvalue weighted by Gasteiger charge is -2.52. The summed E-state index contributed by atoms with van der Waals surface area (Å²) in [6, 6.07) is 38.3. The number of amides is 1. The van der Waals surface area contributed by atoms with Gasteiger partial charge in [-0.25, -0.2) is 4.79 Å². The maximum Gasteiger partial charge on any atom is 0.332 e. The SMILES string of the molecule is C[C@@H](c1ccccc1)N1C(=O)[C@@H](OCc2ccccc2)[C@H]1[C@H](COC(=O)COCc1ccccc1)OCc1ccccc1. The Morgan fingerprint density at radius 2 is 1.23 bits per heavy atom. The van der Waals surface area contributed by atoms with E-state index in [0.717, 1.165) is 22.3 Å². The van der Waals surface area contributed by atoms with Gasteiger partial charge in [-0.1, -0.05) is 121 Å². The zero-order valence-corrected chi connectivity index (χ0v) is 24.3. The van der Waals surface area contributed by atoms with Crippen LogP contribution in [0.2, 0.25) is 0 Å². The highest BCUT2D eigenvalue weighted by atomic mass is 16.6. The van der Waals surface area contributed by atoms with Crippen LogP contribution in [-0.2, 0) is 48.4 Å². The van der Waals surface area contributed by atoms with Crippen molar-refractivity contribution in [2.24, 2.45) is 0 Å². The van der Waals surface area contributed by atoms with E-state index < -0.39 is 24.2 Å². The number of nitrogens with zero attached hydrogens (tertiary/aromatic N) is 1. The lowest BCUT2D eigenvalue weighted by atomic mass is 9.88. The Labute approximate surface area is 253 Å². The number of hydrogen-bond acceptors (Lipinski definition) is 6. The van der Waals surface area contributed by atoms with Gasteiger partial charge in [-0.2, -0.15) is 0 Å². The van der Waals surface area contributed by atoms with Gasteiger partial charge in [-0.15, -0.1) is 0 Å². The zero-order chi connectivity index (χ0) is 29.9. The van der Waals surface area contributed by atoms with E-state index in [0.29, 0.717) is 6.61 Å². The van der Waals surface area contributed by atoms with E-state index in [-0.39, 0.29) is 38.4 Å². The van der Waals surface area contributed by atoms with Gasteiger partial charge in [-0.3, -0.25) is 4.79 Å². The van der Waals surface area contributed by atoms with Crippen LogP contribution in [0.15, 0.2) is 121 Å². The van der Waals surface area contributed by atoms with Crippen LogP contribution >= 0.6 is 0 Å². The van der Waals surface area contributed by atoms with Crippen molar-refractivity contribution in [1.82, 2.24) is 4.90 Å². The molecule has 7 nitrogen and oxygen atoms in total. The number of esters is 1. The lowest BCUT2D eigenvalue weighted by Crippen LogP contribution is -2.71. The molecule has 0 N–H and O–H groups in total. The van der Waals surface area contributed by atoms with Gasteiger partial charge in [0.1, 0.15) is 19.3 Å². The van der Waals surface area contributed by atoms with E-state index in [9.17, 15) is 9.59 Å². The first-order valence-corrected chi connectivity index (χ1v) is 14.6. The van der Waals surface area contributed by atoms with Crippen LogP contribution in [0.25, 0.3) is 0 Å². The normalized spacial score (nSPS) is 17.6. The number of β-lactam (4-membered cyclic amide) rings is 1. The Balaban J connectivity index is 1.32. The summed E-state index contributed by atoms with van der Waals surface area (Å²) in [5.41, 5.74) is 3.90. The molecule has 1 heterocycles. The van der Waals surface area contributed by atoms with Crippen LogP contribution in [-0.4, -0.2) is 48.2 Å². The Kier molecular flexibility index (Phi) is 10.7. The molecule has 1 aliphatic heterocycles. The van der Waals surface area contributed by atoms with Crippen LogP contribution in [0, 0.1) is 0 Å². The molecular weight excluding hydrogens is 542 g/mol. The third-order valence-electron chi connectivity index (χ3n) is 7.53. The van der Waals surface area contributed by atoms with Gasteiger partial charge < -0.3 is 23.8 Å². The molecule has 0 radical (unpaired) electrons. The molecule has 1 saturated heterocycles. The topological polar surface area (TPSA) is 74.3 Å². The molecule has 4 aromatic rings. The van der Waals surface area contributed by atoms with Crippen molar-refractivity contribution < 1.29 is 28.5 Å². The summed E-state index contributed by atoms with van der Waals surface area (Å²) >= 11 is 0. The summed E-state index contributed by atoms with van der Waals surface area (Å²) in [4.78, 5) is 28.1. The average molecular weight is 580 g/mol. The molecule has 0 aliphatic carbocycles. The Hall–Kier alpha value is -4.30. The molecule has 222 valence electrons. The average Bonchev–Trinajstić information content (AvgIpc) is 3.06. The third-order valence-corrected chi connectivity index (χ3v) is 7.53. The number of rotatable bonds is 15. The maximum atomic E-state index is 13.6. The fraction of sp³-hybridized carbons (Fsp3) is 0.278. The number of ether oxygens (including phenoxy) is 4. The molecule has 0 bridgehead atoms. The monoisotopic (exact) mass is 579 g/mol. The third kappa shape index (κ3) is 8.17. The second kappa shape index (κ2) is 15.3. The van der Waals surface area contributed by atoms with Gasteiger partial charge in [-0.05, 0) is 29.2 Å². The first kappa shape index (κ1) is 30.2. The minimum atomic E-state index is -0.750. The van der Waals surface area contributed by atoms with Gasteiger partial charge in [0.2, 0.25) is 0 Å². The second-order valence-corrected chi connectivity index (χ2v) is 10.5. The fourth-order valence-electron chi connectivity index (χ4n) is 5.22. The summed E-state index contributed by atoms with van der Waals surface area (Å²) in [6.07, 6.45) is -1.39. The summed E-state index contributed by atoms with van der Waals surface area (Å²) in [6.45, 7) is 2.62. The predicted octanol–water partition coefficient (Wildman–Crippen LogP) is 5.89. The molecule has 4 aromatic carbocycles. The Bertz CT molecular complexity index is 1420. The minimum Gasteiger partial charge on any atom is -0.461 e. The highest BCUT2D eigenvalue weighted by Crippen LogP contribution is 2.37. The van der Waals surface area contributed by atoms with Crippen molar-refractivity contribution in [2.45, 2.75) is 51.0 Å². The van der Waals surface area contributed by atoms with E-state index in [2.05, 4.69) is 0 Å². The minimum absolute atomic E-state index is 0.0541. The van der Waals surface area contributed by atoms with Crippen molar-refractivity contribution in [3.63, 3.8) is 0 Å². The van der Waals surface area contributed by atoms with Crippen LogP contribution < -0.4 is 0 Å². The summed E-state index contributed by atoms with van der Waals surface area (Å²) in [5.74, 6) is -0.623. The highest BCUT2D eigenvalue weighted by Gasteiger charge is 2.54. The predicted molar refractivity (Wildman–Crippen MR) is 163 cm³/mol. The molecule has 1 amide bonds. The molecule has 1 aliphatic rings. The zero-order valence-electron chi connectivity index (χ0n) is 24.3. The summed E-state index contributed by atoms with van der Waals surface area (Å²) < 4.78 is 23.9. The quantitative estimate of drug-likeness (QED) is 0.129. The molecule has 0 saturated carbocycles. The molecular formula is C36H37NO6. The summed E-state index contributed by atoms with van der Waals surface area (Å²) in [5, 5.41) is 0. The van der Waals surface area contributed by atoms with Gasteiger partial charge in [0.25, 0.3) is 5.91 Å². The van der Waals surface area contributed by atoms with Gasteiger partial charge in [0.15, 0.2) is 6.10 Å². The van der Waals surface area contributed by atoms with Crippen LogP contribution in [0.4, 0.5) is 0 Å². The van der Waals surface area contributed by atoms with Crippen molar-refractivity contribution in [3.8, 4) is 0 Å². The fourth-order valence-corrected chi connectivity index (χ4v) is 5.22. The molecule has 0 spiro atoms. The molecule has 7 heteroatoms. The van der Waals surface area contributed by atoms with E-state index in [4.69, 9.17) is 18.9 Å². The molecule has 0 unspecified atom stereocenters. The number of carbonyl (C=O) groups is 2. The van der Waals surface area contributed by atoms with Crippen molar-refractivity contribution >= 4 is 11.9 Å². The number of benzene rings is 4. The maximum absolute atomic E-state index is 13.6. The summed E-state index contributed by atoms with van der Waals surface area (Å²) in [7, 11) is 0. The molecule has 1 fully saturated rings. The first-order valence-electron chi connectivity index (χ1n) is 14.6. The van der Waals surface area contributed by atoms with Gasteiger partial charge in [0, 0.05) is 0 Å². The number of hydrogen-bond donors (Lipinski definition) is 0. The first-order chi connectivity index (χ1) is 21.1. The van der Waals surface area contributed by atoms with Crippen molar-refractivity contribution in [2.75, 3.05) is 13.2 Å². The molecule has 43 heavy (non-hydrogen) atoms. The smallest absolute Gasteiger partial charge is 0.332 e. The van der Waals surface area contributed by atoms with E-state index in [1.165, 1.54) is 0 Å². The second-order valence-electron chi connectivity index (χ2n) is 10.5. The van der Waals surface area contributed by atoms with Gasteiger partial charge in [0.05, 0.1) is 31.9 Å². The van der Waals surface area contributed by atoms with Crippen LogP contribution in [0.3, 0.4) is 0 Å². The standard InChI is InChI=1S/C36H37NO6/c1-27(31-20-12-5-13-21-31)37-34(35(36(37)39)43-24-30-18-10-4-11-19-30)32(41-23-29-16-8-3-9-17-29)25-42-33(38)26-40-22-28-14-6-2-7-15-28/h2-21,27,32,34-35H,22-26H2,1H3/t27-,32-,34+,35-/m0/s1. The van der Waals surface area contributed by atoms with Crippen molar-refractivity contribution in [1.29, 1.82) is 0 Å².